The number of aromatic amines is 1. The summed E-state index contributed by atoms with van der Waals surface area (Å²) < 4.78 is 22.3. The summed E-state index contributed by atoms with van der Waals surface area (Å²) in [6.07, 6.45) is 1.34. The fourth-order valence-corrected chi connectivity index (χ4v) is 3.49. The molecule has 32 heavy (non-hydrogen) atoms. The molecule has 0 saturated heterocycles. The van der Waals surface area contributed by atoms with Crippen LogP contribution in [0.5, 0.6) is 23.0 Å². The number of carbonyl (C=O) groups excluding carboxylic acids is 1. The van der Waals surface area contributed by atoms with Crippen LogP contribution in [-0.4, -0.2) is 48.9 Å². The van der Waals surface area contributed by atoms with Crippen LogP contribution in [0.4, 0.5) is 5.69 Å². The van der Waals surface area contributed by atoms with Gasteiger partial charge in [0, 0.05) is 17.5 Å². The molecule has 0 unspecified atom stereocenters. The molecule has 2 aromatic heterocycles. The molecule has 2 heterocycles. The van der Waals surface area contributed by atoms with Gasteiger partial charge in [-0.3, -0.25) is 14.2 Å². The fourth-order valence-electron chi connectivity index (χ4n) is 3.49. The van der Waals surface area contributed by atoms with Crippen molar-refractivity contribution in [1.82, 2.24) is 14.5 Å². The monoisotopic (exact) mass is 438 g/mol. The lowest BCUT2D eigenvalue weighted by molar-refractivity contribution is -0.116. The number of rotatable bonds is 7. The van der Waals surface area contributed by atoms with Crippen molar-refractivity contribution in [3.63, 3.8) is 0 Å². The molecule has 0 saturated carbocycles. The first-order chi connectivity index (χ1) is 15.5. The highest BCUT2D eigenvalue weighted by Crippen LogP contribution is 2.34. The lowest BCUT2D eigenvalue weighted by Gasteiger charge is -2.12. The Bertz CT molecular complexity index is 1370. The Morgan fingerprint density at radius 2 is 1.72 bits per heavy atom. The highest BCUT2D eigenvalue weighted by atomic mass is 16.5. The molecule has 0 bridgehead atoms. The van der Waals surface area contributed by atoms with Gasteiger partial charge in [0.2, 0.25) is 5.91 Å². The van der Waals surface area contributed by atoms with E-state index < -0.39 is 5.91 Å². The molecule has 2 aromatic carbocycles. The summed E-state index contributed by atoms with van der Waals surface area (Å²) in [6, 6.07) is 8.53. The summed E-state index contributed by atoms with van der Waals surface area (Å²) >= 11 is 0. The molecule has 0 atom stereocenters. The molecule has 0 aliphatic rings. The zero-order chi connectivity index (χ0) is 22.8. The van der Waals surface area contributed by atoms with Crippen LogP contribution in [0.25, 0.3) is 21.9 Å². The van der Waals surface area contributed by atoms with Crippen molar-refractivity contribution >= 4 is 33.5 Å². The number of amides is 1. The van der Waals surface area contributed by atoms with Crippen LogP contribution in [0.3, 0.4) is 0 Å². The number of hydrogen-bond acceptors (Lipinski definition) is 7. The molecule has 1 amide bonds. The van der Waals surface area contributed by atoms with Crippen LogP contribution >= 0.6 is 0 Å². The van der Waals surface area contributed by atoms with Crippen molar-refractivity contribution in [2.45, 2.75) is 6.54 Å². The largest absolute Gasteiger partial charge is 0.497 e. The van der Waals surface area contributed by atoms with Crippen LogP contribution in [0.1, 0.15) is 0 Å². The van der Waals surface area contributed by atoms with Gasteiger partial charge in [-0.15, -0.1) is 0 Å². The number of benzene rings is 2. The van der Waals surface area contributed by atoms with Crippen molar-refractivity contribution < 1.29 is 23.7 Å². The number of anilines is 1. The molecule has 4 aromatic rings. The predicted octanol–water partition coefficient (Wildman–Crippen LogP) is 2.55. The minimum Gasteiger partial charge on any atom is -0.497 e. The highest BCUT2D eigenvalue weighted by molar-refractivity contribution is 6.05. The molecule has 4 rings (SSSR count). The third-order valence-electron chi connectivity index (χ3n) is 5.07. The topological polar surface area (TPSA) is 117 Å². The number of ether oxygens (including phenoxy) is 4. The van der Waals surface area contributed by atoms with E-state index >= 15 is 0 Å². The van der Waals surface area contributed by atoms with E-state index in [1.54, 1.807) is 30.3 Å². The van der Waals surface area contributed by atoms with Crippen LogP contribution in [-0.2, 0) is 11.3 Å². The summed E-state index contributed by atoms with van der Waals surface area (Å²) in [5, 5.41) is 3.46. The predicted molar refractivity (Wildman–Crippen MR) is 119 cm³/mol. The van der Waals surface area contributed by atoms with Crippen molar-refractivity contribution in [3.8, 4) is 23.0 Å². The summed E-state index contributed by atoms with van der Waals surface area (Å²) in [5.41, 5.74) is 1.49. The third kappa shape index (κ3) is 3.66. The van der Waals surface area contributed by atoms with E-state index in [4.69, 9.17) is 18.9 Å². The maximum atomic E-state index is 13.0. The van der Waals surface area contributed by atoms with Gasteiger partial charge in [0.15, 0.2) is 11.5 Å². The molecule has 0 radical (unpaired) electrons. The molecular formula is C22H22N4O6. The van der Waals surface area contributed by atoms with E-state index in [9.17, 15) is 9.59 Å². The number of hydrogen-bond donors (Lipinski definition) is 2. The van der Waals surface area contributed by atoms with E-state index in [-0.39, 0.29) is 17.6 Å². The van der Waals surface area contributed by atoms with Gasteiger partial charge < -0.3 is 29.2 Å². The van der Waals surface area contributed by atoms with Crippen molar-refractivity contribution in [3.05, 3.63) is 47.0 Å². The van der Waals surface area contributed by atoms with E-state index in [2.05, 4.69) is 15.3 Å². The average Bonchev–Trinajstić information content (AvgIpc) is 3.18. The SMILES string of the molecule is COc1ccc(OC)c(NC(=O)Cn2cnc3c([nH]c4cc(OC)c(OC)cc43)c2=O)c1. The number of aromatic nitrogens is 3. The van der Waals surface area contributed by atoms with Gasteiger partial charge in [-0.1, -0.05) is 0 Å². The van der Waals surface area contributed by atoms with Crippen LogP contribution in [0.15, 0.2) is 41.5 Å². The van der Waals surface area contributed by atoms with Gasteiger partial charge in [-0.2, -0.15) is 0 Å². The second-order valence-corrected chi connectivity index (χ2v) is 6.89. The Labute approximate surface area is 182 Å². The second-order valence-electron chi connectivity index (χ2n) is 6.89. The zero-order valence-corrected chi connectivity index (χ0v) is 18.0. The molecule has 2 N–H and O–H groups in total. The van der Waals surface area contributed by atoms with E-state index in [1.807, 2.05) is 0 Å². The number of fused-ring (bicyclic) bond motifs is 3. The first kappa shape index (κ1) is 21.0. The molecule has 0 aliphatic heterocycles. The standard InChI is InChI=1S/C22H22N4O6/c1-29-12-5-6-16(30-2)15(7-12)24-19(27)10-26-11-23-20-13-8-17(31-3)18(32-4)9-14(13)25-21(20)22(26)28/h5-9,11,25H,10H2,1-4H3,(H,24,27). The maximum absolute atomic E-state index is 13.0. The Kier molecular flexibility index (Phi) is 5.59. The molecule has 0 fully saturated rings. The highest BCUT2D eigenvalue weighted by Gasteiger charge is 2.16. The molecule has 166 valence electrons. The number of carbonyl (C=O) groups is 1. The first-order valence-corrected chi connectivity index (χ1v) is 9.63. The van der Waals surface area contributed by atoms with Gasteiger partial charge >= 0.3 is 0 Å². The smallest absolute Gasteiger partial charge is 0.278 e. The van der Waals surface area contributed by atoms with Crippen molar-refractivity contribution in [1.29, 1.82) is 0 Å². The lowest BCUT2D eigenvalue weighted by Crippen LogP contribution is -2.28. The van der Waals surface area contributed by atoms with Gasteiger partial charge in [-0.05, 0) is 18.2 Å². The van der Waals surface area contributed by atoms with Gasteiger partial charge in [0.05, 0.1) is 46.0 Å². The summed E-state index contributed by atoms with van der Waals surface area (Å²) in [4.78, 5) is 33.1. The molecule has 10 nitrogen and oxygen atoms in total. The van der Waals surface area contributed by atoms with E-state index in [0.29, 0.717) is 45.1 Å². The second kappa shape index (κ2) is 8.50. The third-order valence-corrected chi connectivity index (χ3v) is 5.07. The Hall–Kier alpha value is -4.21. The van der Waals surface area contributed by atoms with Gasteiger partial charge in [0.1, 0.15) is 29.1 Å². The fraction of sp³-hybridized carbons (Fsp3) is 0.227. The Balaban J connectivity index is 1.67. The molecular weight excluding hydrogens is 416 g/mol. The molecule has 0 spiro atoms. The summed E-state index contributed by atoms with van der Waals surface area (Å²) in [7, 11) is 6.10. The number of H-pyrrole nitrogens is 1. The van der Waals surface area contributed by atoms with Gasteiger partial charge in [0.25, 0.3) is 5.56 Å². The Morgan fingerprint density at radius 1 is 1.00 bits per heavy atom. The first-order valence-electron chi connectivity index (χ1n) is 9.63. The number of methoxy groups -OCH3 is 4. The minimum absolute atomic E-state index is 0.232. The summed E-state index contributed by atoms with van der Waals surface area (Å²) in [6.45, 7) is -0.232. The zero-order valence-electron chi connectivity index (χ0n) is 18.0. The number of nitrogens with zero attached hydrogens (tertiary/aromatic N) is 2. The summed E-state index contributed by atoms with van der Waals surface area (Å²) in [5.74, 6) is 1.67. The van der Waals surface area contributed by atoms with Gasteiger partial charge in [-0.25, -0.2) is 4.98 Å². The average molecular weight is 438 g/mol. The normalized spacial score (nSPS) is 10.9. The van der Waals surface area contributed by atoms with Crippen molar-refractivity contribution in [2.75, 3.05) is 33.8 Å². The van der Waals surface area contributed by atoms with Crippen LogP contribution < -0.4 is 29.8 Å². The van der Waals surface area contributed by atoms with E-state index in [1.165, 1.54) is 39.3 Å². The quantitative estimate of drug-likeness (QED) is 0.455. The Morgan fingerprint density at radius 3 is 2.41 bits per heavy atom. The molecule has 0 aliphatic carbocycles. The minimum atomic E-state index is -0.417. The van der Waals surface area contributed by atoms with Crippen molar-refractivity contribution in [2.24, 2.45) is 0 Å². The van der Waals surface area contributed by atoms with Crippen LogP contribution in [0, 0.1) is 0 Å². The van der Waals surface area contributed by atoms with E-state index in [0.717, 1.165) is 0 Å². The maximum Gasteiger partial charge on any atom is 0.278 e. The number of nitrogens with one attached hydrogen (secondary N) is 2. The van der Waals surface area contributed by atoms with Crippen LogP contribution in [0.2, 0.25) is 0 Å². The lowest BCUT2D eigenvalue weighted by atomic mass is 10.2. The molecule has 10 heteroatoms.